The molecule has 0 fully saturated rings. The molecule has 0 unspecified atom stereocenters. The number of carbonyl (C=O) groups is 1. The van der Waals surface area contributed by atoms with Crippen LogP contribution in [0.4, 0.5) is 5.69 Å². The maximum atomic E-state index is 12.8. The normalized spacial score (nSPS) is 10.9. The number of benzene rings is 1. The van der Waals surface area contributed by atoms with Crippen molar-refractivity contribution in [3.05, 3.63) is 50.9 Å². The highest BCUT2D eigenvalue weighted by atomic mass is 32.1. The minimum Gasteiger partial charge on any atom is -0.495 e. The second-order valence-electron chi connectivity index (χ2n) is 5.76. The lowest BCUT2D eigenvalue weighted by Crippen LogP contribution is -2.30. The van der Waals surface area contributed by atoms with Gasteiger partial charge in [0.05, 0.1) is 18.2 Å². The fourth-order valence-corrected chi connectivity index (χ4v) is 3.76. The van der Waals surface area contributed by atoms with Gasteiger partial charge in [0.15, 0.2) is 0 Å². The van der Waals surface area contributed by atoms with Crippen LogP contribution in [-0.2, 0) is 11.3 Å². The predicted molar refractivity (Wildman–Crippen MR) is 99.7 cm³/mol. The van der Waals surface area contributed by atoms with E-state index in [9.17, 15) is 9.59 Å². The number of fused-ring (bicyclic) bond motifs is 1. The number of anilines is 1. The zero-order valence-electron chi connectivity index (χ0n) is 14.5. The van der Waals surface area contributed by atoms with Crippen LogP contribution in [-0.4, -0.2) is 22.6 Å². The van der Waals surface area contributed by atoms with Crippen molar-refractivity contribution in [3.63, 3.8) is 0 Å². The summed E-state index contributed by atoms with van der Waals surface area (Å²) in [6, 6.07) is 7.14. The molecule has 0 saturated heterocycles. The number of para-hydroxylation sites is 2. The highest BCUT2D eigenvalue weighted by Crippen LogP contribution is 2.26. The van der Waals surface area contributed by atoms with E-state index in [1.54, 1.807) is 32.2 Å². The maximum Gasteiger partial charge on any atom is 0.263 e. The SMILES string of the molecule is COc1ccccc1NC(=O)Cn1c(C)nc2sc(C)c(C)c2c1=O. The number of thiophene rings is 1. The van der Waals surface area contributed by atoms with E-state index in [1.807, 2.05) is 19.9 Å². The Kier molecular flexibility index (Phi) is 4.59. The Morgan fingerprint density at radius 3 is 2.72 bits per heavy atom. The Morgan fingerprint density at radius 1 is 1.28 bits per heavy atom. The Labute approximate surface area is 149 Å². The fraction of sp³-hybridized carbons (Fsp3) is 0.278. The van der Waals surface area contributed by atoms with Gasteiger partial charge >= 0.3 is 0 Å². The summed E-state index contributed by atoms with van der Waals surface area (Å²) in [4.78, 5) is 31.5. The smallest absolute Gasteiger partial charge is 0.263 e. The van der Waals surface area contributed by atoms with Gasteiger partial charge in [0.2, 0.25) is 5.91 Å². The van der Waals surface area contributed by atoms with E-state index in [4.69, 9.17) is 4.74 Å². The quantitative estimate of drug-likeness (QED) is 0.779. The van der Waals surface area contributed by atoms with E-state index in [2.05, 4.69) is 10.3 Å². The molecule has 0 aliphatic heterocycles. The van der Waals surface area contributed by atoms with Gasteiger partial charge in [0, 0.05) is 4.88 Å². The molecule has 130 valence electrons. The second-order valence-corrected chi connectivity index (χ2v) is 6.97. The minimum absolute atomic E-state index is 0.0972. The molecule has 2 heterocycles. The Morgan fingerprint density at radius 2 is 2.00 bits per heavy atom. The summed E-state index contributed by atoms with van der Waals surface area (Å²) >= 11 is 1.50. The molecule has 1 amide bonds. The van der Waals surface area contributed by atoms with Crippen LogP contribution in [0.3, 0.4) is 0 Å². The first-order chi connectivity index (χ1) is 11.9. The van der Waals surface area contributed by atoms with E-state index >= 15 is 0 Å². The topological polar surface area (TPSA) is 73.2 Å². The molecule has 0 spiro atoms. The molecule has 0 aliphatic rings. The van der Waals surface area contributed by atoms with Gasteiger partial charge in [-0.15, -0.1) is 11.3 Å². The van der Waals surface area contributed by atoms with Crippen LogP contribution >= 0.6 is 11.3 Å². The van der Waals surface area contributed by atoms with E-state index in [1.165, 1.54) is 15.9 Å². The number of aryl methyl sites for hydroxylation is 3. The van der Waals surface area contributed by atoms with Crippen molar-refractivity contribution in [2.45, 2.75) is 27.3 Å². The molecule has 0 bridgehead atoms. The molecule has 1 N–H and O–H groups in total. The average Bonchev–Trinajstić information content (AvgIpc) is 2.86. The second kappa shape index (κ2) is 6.68. The molecule has 3 rings (SSSR count). The van der Waals surface area contributed by atoms with Gasteiger partial charge in [0.25, 0.3) is 5.56 Å². The molecule has 0 aliphatic carbocycles. The molecule has 1 aromatic carbocycles. The van der Waals surface area contributed by atoms with Crippen LogP contribution in [0.2, 0.25) is 0 Å². The largest absolute Gasteiger partial charge is 0.495 e. The van der Waals surface area contributed by atoms with Gasteiger partial charge in [-0.1, -0.05) is 12.1 Å². The number of aromatic nitrogens is 2. The lowest BCUT2D eigenvalue weighted by molar-refractivity contribution is -0.116. The van der Waals surface area contributed by atoms with Crippen LogP contribution in [0, 0.1) is 20.8 Å². The first-order valence-corrected chi connectivity index (χ1v) is 8.64. The molecule has 3 aromatic rings. The van der Waals surface area contributed by atoms with Crippen LogP contribution in [0.1, 0.15) is 16.3 Å². The van der Waals surface area contributed by atoms with Gasteiger partial charge in [-0.2, -0.15) is 0 Å². The lowest BCUT2D eigenvalue weighted by atomic mass is 10.2. The third-order valence-electron chi connectivity index (χ3n) is 4.16. The van der Waals surface area contributed by atoms with Crippen molar-refractivity contribution in [1.29, 1.82) is 0 Å². The van der Waals surface area contributed by atoms with Gasteiger partial charge in [0.1, 0.15) is 22.9 Å². The number of nitrogens with zero attached hydrogens (tertiary/aromatic N) is 2. The lowest BCUT2D eigenvalue weighted by Gasteiger charge is -2.12. The summed E-state index contributed by atoms with van der Waals surface area (Å²) in [6.07, 6.45) is 0. The van der Waals surface area contributed by atoms with Crippen molar-refractivity contribution in [2.24, 2.45) is 0 Å². The summed E-state index contributed by atoms with van der Waals surface area (Å²) in [5, 5.41) is 3.38. The van der Waals surface area contributed by atoms with Gasteiger partial charge in [-0.25, -0.2) is 4.98 Å². The molecular formula is C18H19N3O3S. The summed E-state index contributed by atoms with van der Waals surface area (Å²) < 4.78 is 6.63. The average molecular weight is 357 g/mol. The van der Waals surface area contributed by atoms with Gasteiger partial charge in [-0.3, -0.25) is 14.2 Å². The van der Waals surface area contributed by atoms with Crippen LogP contribution in [0.25, 0.3) is 10.2 Å². The zero-order chi connectivity index (χ0) is 18.1. The van der Waals surface area contributed by atoms with Crippen LogP contribution < -0.4 is 15.6 Å². The van der Waals surface area contributed by atoms with E-state index in [-0.39, 0.29) is 18.0 Å². The van der Waals surface area contributed by atoms with E-state index in [0.29, 0.717) is 22.6 Å². The van der Waals surface area contributed by atoms with Crippen molar-refractivity contribution in [3.8, 4) is 5.75 Å². The minimum atomic E-state index is -0.305. The number of rotatable bonds is 4. The molecule has 0 saturated carbocycles. The van der Waals surface area contributed by atoms with Gasteiger partial charge in [-0.05, 0) is 38.5 Å². The Balaban J connectivity index is 1.94. The van der Waals surface area contributed by atoms with Crippen molar-refractivity contribution in [1.82, 2.24) is 9.55 Å². The summed E-state index contributed by atoms with van der Waals surface area (Å²) in [5.74, 6) is 0.784. The Hall–Kier alpha value is -2.67. The number of amides is 1. The number of carbonyl (C=O) groups excluding carboxylic acids is 1. The zero-order valence-corrected chi connectivity index (χ0v) is 15.4. The van der Waals surface area contributed by atoms with Crippen molar-refractivity contribution in [2.75, 3.05) is 12.4 Å². The Bertz CT molecular complexity index is 1020. The predicted octanol–water partition coefficient (Wildman–Crippen LogP) is 3.03. The molecule has 7 heteroatoms. The molecule has 2 aromatic heterocycles. The highest BCUT2D eigenvalue weighted by molar-refractivity contribution is 7.18. The summed E-state index contributed by atoms with van der Waals surface area (Å²) in [5.41, 5.74) is 1.31. The number of methoxy groups -OCH3 is 1. The third-order valence-corrected chi connectivity index (χ3v) is 5.26. The van der Waals surface area contributed by atoms with Crippen molar-refractivity contribution >= 4 is 33.1 Å². The standard InChI is InChI=1S/C18H19N3O3S/c1-10-11(2)25-17-16(10)18(23)21(12(3)19-17)9-15(22)20-13-7-5-6-8-14(13)24-4/h5-8H,9H2,1-4H3,(H,20,22). The first kappa shape index (κ1) is 17.2. The molecule has 0 atom stereocenters. The van der Waals surface area contributed by atoms with E-state index in [0.717, 1.165) is 15.3 Å². The fourth-order valence-electron chi connectivity index (χ4n) is 2.70. The molecule has 6 nitrogen and oxygen atoms in total. The first-order valence-electron chi connectivity index (χ1n) is 7.82. The molecular weight excluding hydrogens is 338 g/mol. The summed E-state index contributed by atoms with van der Waals surface area (Å²) in [6.45, 7) is 5.52. The van der Waals surface area contributed by atoms with Crippen LogP contribution in [0.15, 0.2) is 29.1 Å². The number of nitrogens with one attached hydrogen (secondary N) is 1. The van der Waals surface area contributed by atoms with Gasteiger partial charge < -0.3 is 10.1 Å². The molecule has 25 heavy (non-hydrogen) atoms. The summed E-state index contributed by atoms with van der Waals surface area (Å²) in [7, 11) is 1.54. The maximum absolute atomic E-state index is 12.8. The highest BCUT2D eigenvalue weighted by Gasteiger charge is 2.16. The molecule has 0 radical (unpaired) electrons. The van der Waals surface area contributed by atoms with Crippen molar-refractivity contribution < 1.29 is 9.53 Å². The van der Waals surface area contributed by atoms with E-state index < -0.39 is 0 Å². The number of ether oxygens (including phenoxy) is 1. The number of hydrogen-bond donors (Lipinski definition) is 1. The van der Waals surface area contributed by atoms with Crippen LogP contribution in [0.5, 0.6) is 5.75 Å². The number of hydrogen-bond acceptors (Lipinski definition) is 5. The third kappa shape index (κ3) is 3.15. The monoisotopic (exact) mass is 357 g/mol.